The lowest BCUT2D eigenvalue weighted by Gasteiger charge is -2.26. The fourth-order valence-electron chi connectivity index (χ4n) is 1.38. The Bertz CT molecular complexity index is 218. The van der Waals surface area contributed by atoms with E-state index in [9.17, 15) is 4.79 Å². The van der Waals surface area contributed by atoms with Crippen molar-refractivity contribution in [2.75, 3.05) is 27.2 Å². The van der Waals surface area contributed by atoms with Gasteiger partial charge in [0.1, 0.15) is 0 Å². The lowest BCUT2D eigenvalue weighted by molar-refractivity contribution is -0.882. The Morgan fingerprint density at radius 3 is 2.00 bits per heavy atom. The first-order valence-corrected chi connectivity index (χ1v) is 7.10. The minimum Gasteiger partial charge on any atom is -1.00 e. The van der Waals surface area contributed by atoms with Crippen LogP contribution in [0.2, 0.25) is 0 Å². The highest BCUT2D eigenvalue weighted by atomic mass is 35.5. The first kappa shape index (κ1) is 23.5. The summed E-state index contributed by atoms with van der Waals surface area (Å²) in [5.41, 5.74) is 4.97. The predicted octanol–water partition coefficient (Wildman–Crippen LogP) is 0.105. The second-order valence-corrected chi connectivity index (χ2v) is 5.35. The molecule has 3 nitrogen and oxygen atoms in total. The van der Waals surface area contributed by atoms with Gasteiger partial charge in [0.05, 0.1) is 27.2 Å². The first-order chi connectivity index (χ1) is 8.39. The van der Waals surface area contributed by atoms with Crippen molar-refractivity contribution in [3.8, 4) is 0 Å². The predicted molar refractivity (Wildman–Crippen MR) is 80.3 cm³/mol. The van der Waals surface area contributed by atoms with Crippen LogP contribution >= 0.6 is 0 Å². The van der Waals surface area contributed by atoms with Crippen molar-refractivity contribution < 1.29 is 21.7 Å². The molecule has 0 aromatic rings. The van der Waals surface area contributed by atoms with Gasteiger partial charge in [-0.2, -0.15) is 0 Å². The number of halogens is 1. The SMILES string of the molecule is C=CC[N+](C)(C)CC.CCCCCCCC(N)=O.[Cl-]. The number of hydrogen-bond donors (Lipinski definition) is 1. The zero-order valence-corrected chi connectivity index (χ0v) is 14.0. The molecule has 0 radical (unpaired) electrons. The van der Waals surface area contributed by atoms with Crippen LogP contribution in [0.4, 0.5) is 0 Å². The topological polar surface area (TPSA) is 43.1 Å². The van der Waals surface area contributed by atoms with E-state index in [2.05, 4.69) is 34.5 Å². The third-order valence-corrected chi connectivity index (χ3v) is 3.01. The van der Waals surface area contributed by atoms with Gasteiger partial charge in [0, 0.05) is 6.42 Å². The van der Waals surface area contributed by atoms with E-state index in [1.165, 1.54) is 25.8 Å². The molecule has 116 valence electrons. The number of carbonyl (C=O) groups excluding carboxylic acids is 1. The van der Waals surface area contributed by atoms with Gasteiger partial charge in [-0.15, -0.1) is 0 Å². The molecule has 0 saturated carbocycles. The van der Waals surface area contributed by atoms with Gasteiger partial charge in [-0.25, -0.2) is 0 Å². The fourth-order valence-corrected chi connectivity index (χ4v) is 1.38. The molecule has 0 spiro atoms. The maximum absolute atomic E-state index is 10.3. The van der Waals surface area contributed by atoms with Gasteiger partial charge in [0.2, 0.25) is 5.91 Å². The maximum Gasteiger partial charge on any atom is 0.217 e. The van der Waals surface area contributed by atoms with Crippen molar-refractivity contribution in [1.29, 1.82) is 0 Å². The van der Waals surface area contributed by atoms with Crippen LogP contribution < -0.4 is 18.1 Å². The molecule has 0 aromatic carbocycles. The van der Waals surface area contributed by atoms with E-state index in [1.807, 2.05) is 6.08 Å². The molecule has 0 fully saturated rings. The van der Waals surface area contributed by atoms with Crippen LogP contribution in [0.5, 0.6) is 0 Å². The van der Waals surface area contributed by atoms with Gasteiger partial charge in [0.25, 0.3) is 0 Å². The van der Waals surface area contributed by atoms with E-state index in [1.54, 1.807) is 0 Å². The maximum atomic E-state index is 10.3. The number of primary amides is 1. The Morgan fingerprint density at radius 2 is 1.68 bits per heavy atom. The Hall–Kier alpha value is -0.540. The molecule has 0 bridgehead atoms. The average molecular weight is 293 g/mol. The van der Waals surface area contributed by atoms with Crippen molar-refractivity contribution in [2.45, 2.75) is 52.4 Å². The third kappa shape index (κ3) is 23.0. The summed E-state index contributed by atoms with van der Waals surface area (Å²) in [6.45, 7) is 10.3. The molecule has 19 heavy (non-hydrogen) atoms. The molecule has 0 aliphatic heterocycles. The molecule has 4 heteroatoms. The molecule has 1 amide bonds. The average Bonchev–Trinajstić information content (AvgIpc) is 2.29. The number of likely N-dealkylation sites (N-methyl/N-ethyl adjacent to an activating group) is 1. The highest BCUT2D eigenvalue weighted by Crippen LogP contribution is 2.03. The summed E-state index contributed by atoms with van der Waals surface area (Å²) < 4.78 is 1.05. The van der Waals surface area contributed by atoms with E-state index < -0.39 is 0 Å². The molecule has 0 aliphatic rings. The number of carbonyl (C=O) groups is 1. The molecule has 0 atom stereocenters. The number of nitrogens with zero attached hydrogens (tertiary/aromatic N) is 1. The number of nitrogens with two attached hydrogens (primary N) is 1. The summed E-state index contributed by atoms with van der Waals surface area (Å²) >= 11 is 0. The summed E-state index contributed by atoms with van der Waals surface area (Å²) in [4.78, 5) is 10.3. The second-order valence-electron chi connectivity index (χ2n) is 5.35. The highest BCUT2D eigenvalue weighted by molar-refractivity contribution is 5.73. The number of quaternary nitrogens is 1. The van der Waals surface area contributed by atoms with Crippen LogP contribution in [0.1, 0.15) is 52.4 Å². The minimum absolute atomic E-state index is 0. The Kier molecular flexibility index (Phi) is 19.2. The van der Waals surface area contributed by atoms with Crippen molar-refractivity contribution in [3.05, 3.63) is 12.7 Å². The first-order valence-electron chi connectivity index (χ1n) is 7.10. The molecular weight excluding hydrogens is 260 g/mol. The molecule has 0 saturated heterocycles. The van der Waals surface area contributed by atoms with E-state index in [4.69, 9.17) is 5.73 Å². The van der Waals surface area contributed by atoms with Crippen molar-refractivity contribution in [2.24, 2.45) is 5.73 Å². The number of hydrogen-bond acceptors (Lipinski definition) is 1. The summed E-state index contributed by atoms with van der Waals surface area (Å²) in [6.07, 6.45) is 8.40. The van der Waals surface area contributed by atoms with Crippen molar-refractivity contribution in [3.63, 3.8) is 0 Å². The summed E-state index contributed by atoms with van der Waals surface area (Å²) in [5.74, 6) is -0.170. The van der Waals surface area contributed by atoms with E-state index in [-0.39, 0.29) is 18.3 Å². The van der Waals surface area contributed by atoms with Crippen LogP contribution in [-0.4, -0.2) is 37.6 Å². The quantitative estimate of drug-likeness (QED) is 0.366. The highest BCUT2D eigenvalue weighted by Gasteiger charge is 2.06. The summed E-state index contributed by atoms with van der Waals surface area (Å²) in [6, 6.07) is 0. The smallest absolute Gasteiger partial charge is 0.217 e. The van der Waals surface area contributed by atoms with Crippen molar-refractivity contribution in [1.82, 2.24) is 0 Å². The molecule has 2 N–H and O–H groups in total. The van der Waals surface area contributed by atoms with Gasteiger partial charge in [-0.05, 0) is 19.4 Å². The van der Waals surface area contributed by atoms with Gasteiger partial charge in [-0.1, -0.05) is 39.2 Å². The van der Waals surface area contributed by atoms with Crippen LogP contribution in [0.25, 0.3) is 0 Å². The lowest BCUT2D eigenvalue weighted by atomic mass is 10.1. The third-order valence-electron chi connectivity index (χ3n) is 3.01. The molecule has 0 heterocycles. The summed E-state index contributed by atoms with van der Waals surface area (Å²) in [5, 5.41) is 0. The molecule has 0 rings (SSSR count). The van der Waals surface area contributed by atoms with E-state index in [0.29, 0.717) is 6.42 Å². The minimum atomic E-state index is -0.170. The van der Waals surface area contributed by atoms with Crippen molar-refractivity contribution >= 4 is 5.91 Å². The van der Waals surface area contributed by atoms with Crippen LogP contribution in [-0.2, 0) is 4.79 Å². The number of unbranched alkanes of at least 4 members (excludes halogenated alkanes) is 4. The molecule has 0 unspecified atom stereocenters. The van der Waals surface area contributed by atoms with Crippen LogP contribution in [0.3, 0.4) is 0 Å². The second kappa shape index (κ2) is 15.5. The zero-order valence-electron chi connectivity index (χ0n) is 13.3. The zero-order chi connectivity index (χ0) is 14.4. The Morgan fingerprint density at radius 1 is 1.16 bits per heavy atom. The van der Waals surface area contributed by atoms with Gasteiger partial charge in [0.15, 0.2) is 0 Å². The lowest BCUT2D eigenvalue weighted by Crippen LogP contribution is -3.00. The van der Waals surface area contributed by atoms with Crippen LogP contribution in [0.15, 0.2) is 12.7 Å². The molecule has 0 aromatic heterocycles. The molecule has 0 aliphatic carbocycles. The fraction of sp³-hybridized carbons (Fsp3) is 0.800. The van der Waals surface area contributed by atoms with Crippen LogP contribution in [0, 0.1) is 0 Å². The Balaban J connectivity index is -0.000000262. The number of rotatable bonds is 9. The normalized spacial score (nSPS) is 9.89. The summed E-state index contributed by atoms with van der Waals surface area (Å²) in [7, 11) is 4.39. The monoisotopic (exact) mass is 292 g/mol. The largest absolute Gasteiger partial charge is 1.00 e. The Labute approximate surface area is 126 Å². The van der Waals surface area contributed by atoms with Gasteiger partial charge >= 0.3 is 0 Å². The number of amides is 1. The molecular formula is C15H33ClN2O. The van der Waals surface area contributed by atoms with E-state index in [0.717, 1.165) is 23.9 Å². The van der Waals surface area contributed by atoms with E-state index >= 15 is 0 Å². The van der Waals surface area contributed by atoms with Gasteiger partial charge < -0.3 is 22.6 Å². The standard InChI is InChI=1S/C8H17NO.C7H16N.ClH/c1-2-3-4-5-6-7-8(9)10;1-5-7-8(3,4)6-2;/h2-7H2,1H3,(H2,9,10);5H,1,6-7H2,2-4H3;1H/q;+1;/p-1. The van der Waals surface area contributed by atoms with Gasteiger partial charge in [-0.3, -0.25) is 4.79 Å².